The predicted molar refractivity (Wildman–Crippen MR) is 114 cm³/mol. The van der Waals surface area contributed by atoms with Crippen molar-refractivity contribution in [1.82, 2.24) is 9.88 Å². The van der Waals surface area contributed by atoms with Crippen molar-refractivity contribution in [3.63, 3.8) is 0 Å². The molecule has 7 nitrogen and oxygen atoms in total. The number of carbonyl (C=O) groups is 2. The molecule has 0 radical (unpaired) electrons. The molecule has 1 atom stereocenters. The van der Waals surface area contributed by atoms with Gasteiger partial charge in [-0.1, -0.05) is 12.1 Å². The van der Waals surface area contributed by atoms with E-state index in [1.165, 1.54) is 7.11 Å². The zero-order valence-corrected chi connectivity index (χ0v) is 17.1. The minimum Gasteiger partial charge on any atom is -0.508 e. The van der Waals surface area contributed by atoms with Crippen LogP contribution in [0.3, 0.4) is 0 Å². The number of methoxy groups -OCH3 is 1. The van der Waals surface area contributed by atoms with Crippen molar-refractivity contribution in [2.24, 2.45) is 0 Å². The Hall–Kier alpha value is -3.48. The van der Waals surface area contributed by atoms with E-state index in [2.05, 4.69) is 15.0 Å². The number of amides is 1. The van der Waals surface area contributed by atoms with E-state index in [1.807, 2.05) is 42.3 Å². The fourth-order valence-electron chi connectivity index (χ4n) is 4.18. The molecule has 2 heterocycles. The van der Waals surface area contributed by atoms with Crippen molar-refractivity contribution >= 4 is 28.5 Å². The van der Waals surface area contributed by atoms with E-state index in [9.17, 15) is 14.7 Å². The van der Waals surface area contributed by atoms with Crippen LogP contribution in [-0.4, -0.2) is 47.6 Å². The van der Waals surface area contributed by atoms with Gasteiger partial charge in [0.15, 0.2) is 0 Å². The van der Waals surface area contributed by atoms with Crippen LogP contribution in [0.4, 0.5) is 5.69 Å². The van der Waals surface area contributed by atoms with Gasteiger partial charge in [-0.2, -0.15) is 0 Å². The number of carbonyl (C=O) groups excluding carboxylic acids is 2. The van der Waals surface area contributed by atoms with Crippen LogP contribution in [0.2, 0.25) is 0 Å². The van der Waals surface area contributed by atoms with Gasteiger partial charge in [0.05, 0.1) is 19.6 Å². The molecule has 1 aliphatic heterocycles. The summed E-state index contributed by atoms with van der Waals surface area (Å²) in [7, 11) is 3.19. The highest BCUT2D eigenvalue weighted by Crippen LogP contribution is 2.39. The number of phenolic OH excluding ortho intramolecular Hbond substituents is 1. The lowest BCUT2D eigenvalue weighted by Gasteiger charge is -2.36. The van der Waals surface area contributed by atoms with Crippen molar-refractivity contribution in [3.05, 3.63) is 59.3 Å². The number of aromatic hydroxyl groups is 1. The Bertz CT molecular complexity index is 1090. The topological polar surface area (TPSA) is 94.7 Å². The highest BCUT2D eigenvalue weighted by atomic mass is 16.5. The third-order valence-corrected chi connectivity index (χ3v) is 5.72. The summed E-state index contributed by atoms with van der Waals surface area (Å²) in [5.41, 5.74) is 4.96. The number of nitrogens with one attached hydrogen (secondary N) is 2. The van der Waals surface area contributed by atoms with E-state index in [0.717, 1.165) is 33.4 Å². The molecule has 0 bridgehead atoms. The lowest BCUT2D eigenvalue weighted by molar-refractivity contribution is -0.144. The first-order chi connectivity index (χ1) is 14.5. The Kier molecular flexibility index (Phi) is 5.35. The zero-order chi connectivity index (χ0) is 21.3. The number of rotatable bonds is 5. The number of H-pyrrole nitrogens is 1. The molecule has 1 aromatic heterocycles. The molecule has 2 aromatic carbocycles. The van der Waals surface area contributed by atoms with E-state index in [0.29, 0.717) is 13.0 Å². The van der Waals surface area contributed by atoms with Gasteiger partial charge >= 0.3 is 5.97 Å². The van der Waals surface area contributed by atoms with Gasteiger partial charge in [-0.3, -0.25) is 9.59 Å². The predicted octanol–water partition coefficient (Wildman–Crippen LogP) is 3.34. The summed E-state index contributed by atoms with van der Waals surface area (Å²) in [5.74, 6) is -0.261. The number of hydrogen-bond acceptors (Lipinski definition) is 5. The van der Waals surface area contributed by atoms with Crippen LogP contribution < -0.4 is 5.32 Å². The quantitative estimate of drug-likeness (QED) is 0.564. The molecule has 156 valence electrons. The maximum absolute atomic E-state index is 13.1. The fourth-order valence-corrected chi connectivity index (χ4v) is 4.18. The smallest absolute Gasteiger partial charge is 0.306 e. The summed E-state index contributed by atoms with van der Waals surface area (Å²) in [4.78, 5) is 29.9. The van der Waals surface area contributed by atoms with Crippen molar-refractivity contribution in [3.8, 4) is 5.75 Å². The summed E-state index contributed by atoms with van der Waals surface area (Å²) >= 11 is 0. The first kappa shape index (κ1) is 19.8. The summed E-state index contributed by atoms with van der Waals surface area (Å²) in [6, 6.07) is 13.0. The lowest BCUT2D eigenvalue weighted by Crippen LogP contribution is -2.40. The molecular weight excluding hydrogens is 382 g/mol. The molecule has 0 aliphatic carbocycles. The SMILES string of the molecule is CNc1ccc(C2c3[nH]c4ccc(O)cc4c3CCN2C(=O)CCC(=O)OC)cc1. The van der Waals surface area contributed by atoms with Crippen LogP contribution >= 0.6 is 0 Å². The van der Waals surface area contributed by atoms with Crippen LogP contribution in [0.1, 0.15) is 35.7 Å². The third kappa shape index (κ3) is 3.58. The molecular formula is C23H25N3O4. The maximum atomic E-state index is 13.1. The number of aromatic amines is 1. The molecule has 4 rings (SSSR count). The molecule has 3 aromatic rings. The molecule has 30 heavy (non-hydrogen) atoms. The van der Waals surface area contributed by atoms with Gasteiger partial charge in [-0.15, -0.1) is 0 Å². The standard InChI is InChI=1S/C23H25N3O4/c1-24-15-5-3-14(4-6-15)23-22-17(18-13-16(27)7-8-19(18)25-22)11-12-26(23)20(28)9-10-21(29)30-2/h3-8,13,23-25,27H,9-12H2,1-2H3. The molecule has 1 aliphatic rings. The van der Waals surface area contributed by atoms with E-state index >= 15 is 0 Å². The Labute approximate surface area is 174 Å². The van der Waals surface area contributed by atoms with Crippen LogP contribution in [0.15, 0.2) is 42.5 Å². The van der Waals surface area contributed by atoms with Crippen LogP contribution in [-0.2, 0) is 20.7 Å². The van der Waals surface area contributed by atoms with Gasteiger partial charge in [0, 0.05) is 42.3 Å². The number of esters is 1. The number of aromatic nitrogens is 1. The summed E-state index contributed by atoms with van der Waals surface area (Å²) < 4.78 is 4.69. The number of anilines is 1. The number of phenols is 1. The van der Waals surface area contributed by atoms with Crippen LogP contribution in [0.25, 0.3) is 10.9 Å². The zero-order valence-electron chi connectivity index (χ0n) is 17.1. The average Bonchev–Trinajstić information content (AvgIpc) is 3.14. The van der Waals surface area contributed by atoms with Gasteiger partial charge in [-0.25, -0.2) is 0 Å². The Morgan fingerprint density at radius 1 is 1.20 bits per heavy atom. The molecule has 0 saturated heterocycles. The Balaban J connectivity index is 1.76. The number of benzene rings is 2. The fraction of sp³-hybridized carbons (Fsp3) is 0.304. The highest BCUT2D eigenvalue weighted by molar-refractivity contribution is 5.88. The van der Waals surface area contributed by atoms with Gasteiger partial charge < -0.3 is 25.0 Å². The summed E-state index contributed by atoms with van der Waals surface area (Å²) in [6.07, 6.45) is 0.840. The van der Waals surface area contributed by atoms with Crippen molar-refractivity contribution in [1.29, 1.82) is 0 Å². The molecule has 7 heteroatoms. The number of fused-ring (bicyclic) bond motifs is 3. The summed E-state index contributed by atoms with van der Waals surface area (Å²) in [5, 5.41) is 14.0. The van der Waals surface area contributed by atoms with Crippen molar-refractivity contribution < 1.29 is 19.4 Å². The van der Waals surface area contributed by atoms with Crippen LogP contribution in [0.5, 0.6) is 5.75 Å². The molecule has 1 unspecified atom stereocenters. The number of ether oxygens (including phenoxy) is 1. The number of hydrogen-bond donors (Lipinski definition) is 3. The van der Waals surface area contributed by atoms with Gasteiger partial charge in [0.25, 0.3) is 0 Å². The highest BCUT2D eigenvalue weighted by Gasteiger charge is 2.34. The van der Waals surface area contributed by atoms with Crippen molar-refractivity contribution in [2.75, 3.05) is 26.0 Å². The second-order valence-corrected chi connectivity index (χ2v) is 7.43. The normalized spacial score (nSPS) is 15.7. The molecule has 0 saturated carbocycles. The Morgan fingerprint density at radius 2 is 1.97 bits per heavy atom. The molecule has 1 amide bonds. The summed E-state index contributed by atoms with van der Waals surface area (Å²) in [6.45, 7) is 0.536. The molecule has 0 fully saturated rings. The minimum absolute atomic E-state index is 0.0602. The van der Waals surface area contributed by atoms with Gasteiger partial charge in [0.1, 0.15) is 5.75 Å². The van der Waals surface area contributed by atoms with Gasteiger partial charge in [0.2, 0.25) is 5.91 Å². The van der Waals surface area contributed by atoms with E-state index < -0.39 is 5.97 Å². The van der Waals surface area contributed by atoms with Crippen molar-refractivity contribution in [2.45, 2.75) is 25.3 Å². The minimum atomic E-state index is -0.392. The van der Waals surface area contributed by atoms with E-state index in [1.54, 1.807) is 12.1 Å². The van der Waals surface area contributed by atoms with E-state index in [4.69, 9.17) is 0 Å². The third-order valence-electron chi connectivity index (χ3n) is 5.72. The second kappa shape index (κ2) is 8.10. The second-order valence-electron chi connectivity index (χ2n) is 7.43. The lowest BCUT2D eigenvalue weighted by atomic mass is 9.91. The van der Waals surface area contributed by atoms with Crippen LogP contribution in [0, 0.1) is 0 Å². The number of nitrogens with zero attached hydrogens (tertiary/aromatic N) is 1. The monoisotopic (exact) mass is 407 g/mol. The first-order valence-electron chi connectivity index (χ1n) is 9.99. The average molecular weight is 407 g/mol. The van der Waals surface area contributed by atoms with E-state index in [-0.39, 0.29) is 30.5 Å². The molecule has 0 spiro atoms. The first-order valence-corrected chi connectivity index (χ1v) is 9.99. The largest absolute Gasteiger partial charge is 0.508 e. The maximum Gasteiger partial charge on any atom is 0.306 e. The Morgan fingerprint density at radius 3 is 2.67 bits per heavy atom. The van der Waals surface area contributed by atoms with Gasteiger partial charge in [-0.05, 0) is 47.9 Å². The molecule has 3 N–H and O–H groups in total.